The number of hydrogen-bond acceptors (Lipinski definition) is 4. The number of hydrogen-bond donors (Lipinski definition) is 2. The Hall–Kier alpha value is -3.35. The second-order valence-corrected chi connectivity index (χ2v) is 9.46. The van der Waals surface area contributed by atoms with Crippen LogP contribution in [-0.2, 0) is 14.3 Å². The number of carboxylic acid groups (broad SMARTS) is 1. The summed E-state index contributed by atoms with van der Waals surface area (Å²) in [6.45, 7) is 4.83. The average molecular weight is 451 g/mol. The topological polar surface area (TPSA) is 95.9 Å². The summed E-state index contributed by atoms with van der Waals surface area (Å²) < 4.78 is 5.50. The summed E-state index contributed by atoms with van der Waals surface area (Å²) in [7, 11) is 0. The van der Waals surface area contributed by atoms with Crippen molar-refractivity contribution in [2.75, 3.05) is 19.7 Å². The third-order valence-electron chi connectivity index (χ3n) is 6.61. The van der Waals surface area contributed by atoms with Crippen molar-refractivity contribution in [2.24, 2.45) is 5.41 Å². The molecule has 0 aromatic heterocycles. The molecule has 2 aliphatic rings. The number of carboxylic acids is 1. The number of ether oxygens (including phenoxy) is 1. The van der Waals surface area contributed by atoms with Crippen molar-refractivity contribution in [3.05, 3.63) is 59.7 Å². The highest BCUT2D eigenvalue weighted by molar-refractivity contribution is 5.86. The third-order valence-corrected chi connectivity index (χ3v) is 6.61. The Labute approximate surface area is 193 Å². The number of likely N-dealkylation sites (tertiary alicyclic amines) is 1. The van der Waals surface area contributed by atoms with E-state index in [0.717, 1.165) is 0 Å². The van der Waals surface area contributed by atoms with Crippen LogP contribution in [0, 0.1) is 5.41 Å². The van der Waals surface area contributed by atoms with Crippen LogP contribution < -0.4 is 5.32 Å². The number of rotatable bonds is 8. The molecule has 1 aliphatic carbocycles. The minimum absolute atomic E-state index is 0.0173. The molecule has 1 fully saturated rings. The number of carbonyl (C=O) groups is 3. The van der Waals surface area contributed by atoms with Gasteiger partial charge in [-0.1, -0.05) is 62.4 Å². The van der Waals surface area contributed by atoms with Gasteiger partial charge in [-0.05, 0) is 35.1 Å². The van der Waals surface area contributed by atoms with E-state index in [4.69, 9.17) is 4.74 Å². The van der Waals surface area contributed by atoms with Crippen molar-refractivity contribution in [2.45, 2.75) is 45.1 Å². The van der Waals surface area contributed by atoms with Crippen molar-refractivity contribution in [3.8, 4) is 11.1 Å². The first kappa shape index (κ1) is 22.8. The van der Waals surface area contributed by atoms with E-state index in [-0.39, 0.29) is 24.9 Å². The Balaban J connectivity index is 1.18. The van der Waals surface area contributed by atoms with Gasteiger partial charge in [-0.15, -0.1) is 0 Å². The molecule has 1 aliphatic heterocycles. The van der Waals surface area contributed by atoms with E-state index in [1.54, 1.807) is 0 Å². The maximum absolute atomic E-state index is 12.3. The van der Waals surface area contributed by atoms with E-state index >= 15 is 0 Å². The summed E-state index contributed by atoms with van der Waals surface area (Å²) in [5, 5.41) is 12.1. The van der Waals surface area contributed by atoms with Gasteiger partial charge >= 0.3 is 12.1 Å². The molecule has 2 amide bonds. The molecule has 2 N–H and O–H groups in total. The van der Waals surface area contributed by atoms with Crippen molar-refractivity contribution >= 4 is 18.0 Å². The number of nitrogens with one attached hydrogen (secondary N) is 1. The van der Waals surface area contributed by atoms with Gasteiger partial charge in [0.15, 0.2) is 0 Å². The van der Waals surface area contributed by atoms with Gasteiger partial charge in [-0.3, -0.25) is 4.79 Å². The zero-order chi connectivity index (χ0) is 23.6. The van der Waals surface area contributed by atoms with Crippen LogP contribution in [0.2, 0.25) is 0 Å². The molecular formula is C26H30N2O5. The number of carbonyl (C=O) groups excluding carboxylic acids is 2. The zero-order valence-corrected chi connectivity index (χ0v) is 19.0. The predicted octanol–water partition coefficient (Wildman–Crippen LogP) is 4.02. The highest BCUT2D eigenvalue weighted by Crippen LogP contribution is 2.44. The largest absolute Gasteiger partial charge is 0.480 e. The molecule has 0 radical (unpaired) electrons. The van der Waals surface area contributed by atoms with Crippen LogP contribution in [0.5, 0.6) is 0 Å². The maximum atomic E-state index is 12.3. The standard InChI is InChI=1S/C26H30N2O5/c1-26(2)16-28(23(26)24(30)31)22(29)13-7-8-14-27-25(32)33-15-21-19-11-5-3-9-17(19)18-10-4-6-12-20(18)21/h3-6,9-12,21,23H,7-8,13-16H2,1-2H3,(H,27,32)(H,30,31). The second-order valence-electron chi connectivity index (χ2n) is 9.46. The smallest absolute Gasteiger partial charge is 0.407 e. The van der Waals surface area contributed by atoms with Gasteiger partial charge in [0.25, 0.3) is 0 Å². The summed E-state index contributed by atoms with van der Waals surface area (Å²) in [5.74, 6) is -1.09. The molecule has 7 nitrogen and oxygen atoms in total. The molecule has 0 bridgehead atoms. The Bertz CT molecular complexity index is 1020. The Kier molecular flexibility index (Phi) is 6.40. The number of unbranched alkanes of at least 4 members (excludes halogenated alkanes) is 1. The molecule has 2 aromatic carbocycles. The first-order valence-corrected chi connectivity index (χ1v) is 11.4. The van der Waals surface area contributed by atoms with Crippen LogP contribution in [-0.4, -0.2) is 53.7 Å². The highest BCUT2D eigenvalue weighted by Gasteiger charge is 2.52. The van der Waals surface area contributed by atoms with Crippen LogP contribution in [0.3, 0.4) is 0 Å². The molecule has 1 unspecified atom stereocenters. The van der Waals surface area contributed by atoms with E-state index in [1.165, 1.54) is 27.2 Å². The van der Waals surface area contributed by atoms with Crippen LogP contribution >= 0.6 is 0 Å². The van der Waals surface area contributed by atoms with Gasteiger partial charge in [0, 0.05) is 30.8 Å². The lowest BCUT2D eigenvalue weighted by Crippen LogP contribution is -2.67. The molecule has 2 aromatic rings. The zero-order valence-electron chi connectivity index (χ0n) is 19.0. The monoisotopic (exact) mass is 450 g/mol. The molecule has 174 valence electrons. The van der Waals surface area contributed by atoms with E-state index in [2.05, 4.69) is 29.6 Å². The average Bonchev–Trinajstić information content (AvgIpc) is 3.09. The van der Waals surface area contributed by atoms with Crippen LogP contribution in [0.4, 0.5) is 4.79 Å². The van der Waals surface area contributed by atoms with Gasteiger partial charge in [-0.25, -0.2) is 9.59 Å². The summed E-state index contributed by atoms with van der Waals surface area (Å²) >= 11 is 0. The van der Waals surface area contributed by atoms with Crippen LogP contribution in [0.1, 0.15) is 50.2 Å². The summed E-state index contributed by atoms with van der Waals surface area (Å²) in [6.07, 6.45) is 0.988. The Morgan fingerprint density at radius 3 is 2.21 bits per heavy atom. The lowest BCUT2D eigenvalue weighted by atomic mass is 9.74. The van der Waals surface area contributed by atoms with E-state index < -0.39 is 23.5 Å². The van der Waals surface area contributed by atoms with E-state index in [1.807, 2.05) is 38.1 Å². The summed E-state index contributed by atoms with van der Waals surface area (Å²) in [6, 6.07) is 15.6. The molecule has 1 atom stereocenters. The molecule has 1 heterocycles. The van der Waals surface area contributed by atoms with Crippen LogP contribution in [0.25, 0.3) is 11.1 Å². The third kappa shape index (κ3) is 4.58. The van der Waals surface area contributed by atoms with Gasteiger partial charge in [0.05, 0.1) is 0 Å². The van der Waals surface area contributed by atoms with Gasteiger partial charge < -0.3 is 20.1 Å². The Morgan fingerprint density at radius 1 is 1.03 bits per heavy atom. The summed E-state index contributed by atoms with van der Waals surface area (Å²) in [5.41, 5.74) is 4.30. The quantitative estimate of drug-likeness (QED) is 0.593. The molecular weight excluding hydrogens is 420 g/mol. The lowest BCUT2D eigenvalue weighted by Gasteiger charge is -2.51. The maximum Gasteiger partial charge on any atom is 0.407 e. The molecule has 4 rings (SSSR count). The molecule has 33 heavy (non-hydrogen) atoms. The van der Waals surface area contributed by atoms with Gasteiger partial charge in [-0.2, -0.15) is 0 Å². The summed E-state index contributed by atoms with van der Waals surface area (Å²) in [4.78, 5) is 37.4. The second kappa shape index (κ2) is 9.25. The predicted molar refractivity (Wildman–Crippen MR) is 124 cm³/mol. The number of alkyl carbamates (subject to hydrolysis) is 1. The molecule has 1 saturated heterocycles. The van der Waals surface area contributed by atoms with Gasteiger partial charge in [0.1, 0.15) is 12.6 Å². The Morgan fingerprint density at radius 2 is 1.64 bits per heavy atom. The van der Waals surface area contributed by atoms with Crippen molar-refractivity contribution in [1.82, 2.24) is 10.2 Å². The first-order chi connectivity index (χ1) is 15.8. The van der Waals surface area contributed by atoms with Gasteiger partial charge in [0.2, 0.25) is 5.91 Å². The SMILES string of the molecule is CC1(C)CN(C(=O)CCCCNC(=O)OCC2c3ccccc3-c3ccccc32)C1C(=O)O. The molecule has 7 heteroatoms. The lowest BCUT2D eigenvalue weighted by molar-refractivity contribution is -0.171. The number of fused-ring (bicyclic) bond motifs is 3. The van der Waals surface area contributed by atoms with E-state index in [0.29, 0.717) is 25.9 Å². The van der Waals surface area contributed by atoms with Crippen molar-refractivity contribution in [3.63, 3.8) is 0 Å². The first-order valence-electron chi connectivity index (χ1n) is 11.4. The minimum Gasteiger partial charge on any atom is -0.480 e. The number of benzene rings is 2. The van der Waals surface area contributed by atoms with E-state index in [9.17, 15) is 19.5 Å². The fourth-order valence-corrected chi connectivity index (χ4v) is 5.01. The highest BCUT2D eigenvalue weighted by atomic mass is 16.5. The number of amides is 2. The normalized spacial score (nSPS) is 18.1. The van der Waals surface area contributed by atoms with Crippen LogP contribution in [0.15, 0.2) is 48.5 Å². The van der Waals surface area contributed by atoms with Crippen molar-refractivity contribution in [1.29, 1.82) is 0 Å². The fourth-order valence-electron chi connectivity index (χ4n) is 5.01. The molecule has 0 saturated carbocycles. The fraction of sp³-hybridized carbons (Fsp3) is 0.423. The van der Waals surface area contributed by atoms with Crippen molar-refractivity contribution < 1.29 is 24.2 Å². The minimum atomic E-state index is -0.962. The molecule has 0 spiro atoms. The number of aliphatic carboxylic acids is 1. The number of nitrogens with zero attached hydrogens (tertiary/aromatic N) is 1.